The van der Waals surface area contributed by atoms with Crippen LogP contribution in [0, 0.1) is 12.8 Å². The lowest BCUT2D eigenvalue weighted by Gasteiger charge is -2.08. The van der Waals surface area contributed by atoms with E-state index in [1.54, 1.807) is 0 Å². The van der Waals surface area contributed by atoms with Crippen molar-refractivity contribution in [2.75, 3.05) is 6.67 Å². The van der Waals surface area contributed by atoms with Crippen molar-refractivity contribution < 1.29 is 4.39 Å². The van der Waals surface area contributed by atoms with E-state index in [4.69, 9.17) is 0 Å². The summed E-state index contributed by atoms with van der Waals surface area (Å²) in [6, 6.07) is 0. The number of unbranched alkanes of at least 4 members (excludes halogenated alkanes) is 4. The fourth-order valence-electron chi connectivity index (χ4n) is 1.61. The second-order valence-corrected chi connectivity index (χ2v) is 3.99. The summed E-state index contributed by atoms with van der Waals surface area (Å²) < 4.78 is 11.7. The van der Waals surface area contributed by atoms with Crippen LogP contribution in [0.4, 0.5) is 4.39 Å². The summed E-state index contributed by atoms with van der Waals surface area (Å²) in [4.78, 5) is 0. The van der Waals surface area contributed by atoms with Gasteiger partial charge in [0.15, 0.2) is 0 Å². The lowest BCUT2D eigenvalue weighted by Crippen LogP contribution is -1.93. The molecule has 0 rings (SSSR count). The van der Waals surface area contributed by atoms with Gasteiger partial charge in [-0.1, -0.05) is 58.8 Å². The Morgan fingerprint density at radius 3 is 2.23 bits per heavy atom. The molecule has 1 radical (unpaired) electrons. The smallest absolute Gasteiger partial charge is 0.0894 e. The first-order valence-corrected chi connectivity index (χ1v) is 5.66. The first kappa shape index (κ1) is 12.9. The maximum absolute atomic E-state index is 11.7. The van der Waals surface area contributed by atoms with E-state index in [0.717, 1.165) is 25.2 Å². The van der Waals surface area contributed by atoms with Crippen LogP contribution in [0.15, 0.2) is 0 Å². The Morgan fingerprint density at radius 1 is 1.00 bits per heavy atom. The second-order valence-electron chi connectivity index (χ2n) is 3.99. The number of alkyl halides is 1. The van der Waals surface area contributed by atoms with Crippen molar-refractivity contribution in [2.24, 2.45) is 5.92 Å². The van der Waals surface area contributed by atoms with Crippen LogP contribution in [0.1, 0.15) is 58.3 Å². The highest BCUT2D eigenvalue weighted by molar-refractivity contribution is 4.55. The summed E-state index contributed by atoms with van der Waals surface area (Å²) in [5.41, 5.74) is 0. The molecule has 1 heteroatoms. The van der Waals surface area contributed by atoms with Crippen molar-refractivity contribution in [2.45, 2.75) is 58.3 Å². The second kappa shape index (κ2) is 10.0. The van der Waals surface area contributed by atoms with Crippen molar-refractivity contribution in [3.8, 4) is 0 Å². The van der Waals surface area contributed by atoms with E-state index >= 15 is 0 Å². The van der Waals surface area contributed by atoms with Crippen LogP contribution in [-0.2, 0) is 0 Å². The first-order chi connectivity index (χ1) is 6.31. The van der Waals surface area contributed by atoms with Crippen molar-refractivity contribution in [1.29, 1.82) is 0 Å². The molecule has 79 valence electrons. The molecule has 13 heavy (non-hydrogen) atoms. The minimum absolute atomic E-state index is 0.141. The minimum atomic E-state index is -0.141. The van der Waals surface area contributed by atoms with Crippen LogP contribution in [0.3, 0.4) is 0 Å². The monoisotopic (exact) mass is 187 g/mol. The van der Waals surface area contributed by atoms with Gasteiger partial charge in [-0.3, -0.25) is 4.39 Å². The molecular weight excluding hydrogens is 163 g/mol. The Balaban J connectivity index is 2.97. The van der Waals surface area contributed by atoms with Gasteiger partial charge in [-0.05, 0) is 12.3 Å². The molecule has 0 aliphatic carbocycles. The molecule has 0 bridgehead atoms. The third kappa shape index (κ3) is 9.85. The van der Waals surface area contributed by atoms with E-state index in [-0.39, 0.29) is 6.67 Å². The Hall–Kier alpha value is -0.0700. The molecule has 0 saturated heterocycles. The van der Waals surface area contributed by atoms with Crippen LogP contribution in [0.25, 0.3) is 0 Å². The summed E-state index contributed by atoms with van der Waals surface area (Å²) in [6.45, 7) is 6.01. The average Bonchev–Trinajstić information content (AvgIpc) is 2.11. The SMILES string of the molecule is [CH2]CCC(C)CCCCCCCF. The number of hydrogen-bond acceptors (Lipinski definition) is 0. The Bertz CT molecular complexity index is 91.1. The summed E-state index contributed by atoms with van der Waals surface area (Å²) in [5.74, 6) is 0.832. The highest BCUT2D eigenvalue weighted by Crippen LogP contribution is 2.15. The van der Waals surface area contributed by atoms with Crippen molar-refractivity contribution in [3.63, 3.8) is 0 Å². The quantitative estimate of drug-likeness (QED) is 0.465. The fraction of sp³-hybridized carbons (Fsp3) is 0.917. The summed E-state index contributed by atoms with van der Waals surface area (Å²) in [7, 11) is 0. The molecule has 0 nitrogen and oxygen atoms in total. The van der Waals surface area contributed by atoms with Gasteiger partial charge in [0.2, 0.25) is 0 Å². The molecule has 0 saturated carbocycles. The topological polar surface area (TPSA) is 0 Å². The molecule has 0 aromatic heterocycles. The van der Waals surface area contributed by atoms with Crippen molar-refractivity contribution in [1.82, 2.24) is 0 Å². The average molecular weight is 187 g/mol. The molecule has 0 aromatic rings. The summed E-state index contributed by atoms with van der Waals surface area (Å²) in [6.07, 6.45) is 9.27. The van der Waals surface area contributed by atoms with Gasteiger partial charge in [-0.25, -0.2) is 0 Å². The fourth-order valence-corrected chi connectivity index (χ4v) is 1.61. The largest absolute Gasteiger partial charge is 0.251 e. The van der Waals surface area contributed by atoms with E-state index in [2.05, 4.69) is 13.8 Å². The predicted molar refractivity (Wildman–Crippen MR) is 57.4 cm³/mol. The Kier molecular flexibility index (Phi) is 9.96. The highest BCUT2D eigenvalue weighted by atomic mass is 19.1. The summed E-state index contributed by atoms with van der Waals surface area (Å²) >= 11 is 0. The number of hydrogen-bond donors (Lipinski definition) is 0. The molecule has 1 unspecified atom stereocenters. The molecule has 0 fully saturated rings. The van der Waals surface area contributed by atoms with E-state index in [9.17, 15) is 4.39 Å². The van der Waals surface area contributed by atoms with Crippen LogP contribution in [-0.4, -0.2) is 6.67 Å². The van der Waals surface area contributed by atoms with Gasteiger partial charge in [0.05, 0.1) is 6.67 Å². The zero-order valence-electron chi connectivity index (χ0n) is 9.03. The maximum atomic E-state index is 11.7. The molecule has 1 atom stereocenters. The first-order valence-electron chi connectivity index (χ1n) is 5.66. The Morgan fingerprint density at radius 2 is 1.62 bits per heavy atom. The van der Waals surface area contributed by atoms with Gasteiger partial charge in [-0.2, -0.15) is 0 Å². The van der Waals surface area contributed by atoms with E-state index in [1.165, 1.54) is 32.1 Å². The lowest BCUT2D eigenvalue weighted by atomic mass is 9.98. The van der Waals surface area contributed by atoms with Gasteiger partial charge in [0.1, 0.15) is 0 Å². The van der Waals surface area contributed by atoms with Gasteiger partial charge >= 0.3 is 0 Å². The molecule has 0 N–H and O–H groups in total. The van der Waals surface area contributed by atoms with Gasteiger partial charge in [0.25, 0.3) is 0 Å². The third-order valence-electron chi connectivity index (χ3n) is 2.53. The van der Waals surface area contributed by atoms with Gasteiger partial charge in [-0.15, -0.1) is 0 Å². The molecular formula is C12H24F. The molecule has 0 amide bonds. The molecule has 0 aliphatic heterocycles. The van der Waals surface area contributed by atoms with Gasteiger partial charge < -0.3 is 0 Å². The molecule has 0 aromatic carbocycles. The van der Waals surface area contributed by atoms with E-state index in [0.29, 0.717) is 0 Å². The van der Waals surface area contributed by atoms with Crippen LogP contribution < -0.4 is 0 Å². The number of halogens is 1. The van der Waals surface area contributed by atoms with Crippen LogP contribution in [0.5, 0.6) is 0 Å². The number of rotatable bonds is 9. The molecule has 0 aliphatic rings. The zero-order chi connectivity index (χ0) is 9.94. The standard InChI is InChI=1S/C12H24F/c1-3-9-12(2)10-7-5-4-6-8-11-13/h12H,1,3-11H2,2H3. The minimum Gasteiger partial charge on any atom is -0.251 e. The summed E-state index contributed by atoms with van der Waals surface area (Å²) in [5, 5.41) is 0. The normalized spacial score (nSPS) is 13.2. The van der Waals surface area contributed by atoms with Crippen LogP contribution in [0.2, 0.25) is 0 Å². The van der Waals surface area contributed by atoms with E-state index in [1.807, 2.05) is 0 Å². The molecule has 0 heterocycles. The van der Waals surface area contributed by atoms with Gasteiger partial charge in [0, 0.05) is 0 Å². The van der Waals surface area contributed by atoms with E-state index < -0.39 is 0 Å². The zero-order valence-corrected chi connectivity index (χ0v) is 9.03. The van der Waals surface area contributed by atoms with Crippen LogP contribution >= 0.6 is 0 Å². The third-order valence-corrected chi connectivity index (χ3v) is 2.53. The molecule has 0 spiro atoms. The highest BCUT2D eigenvalue weighted by Gasteiger charge is 1.99. The van der Waals surface area contributed by atoms with Crippen molar-refractivity contribution in [3.05, 3.63) is 6.92 Å². The maximum Gasteiger partial charge on any atom is 0.0894 e. The Labute approximate surface area is 82.9 Å². The van der Waals surface area contributed by atoms with Crippen molar-refractivity contribution >= 4 is 0 Å². The predicted octanol–water partition coefficient (Wildman–Crippen LogP) is 4.55. The lowest BCUT2D eigenvalue weighted by molar-refractivity contribution is 0.434.